The van der Waals surface area contributed by atoms with Crippen LogP contribution in [0.1, 0.15) is 32.1 Å². The first kappa shape index (κ1) is 10.3. The number of fused-ring (bicyclic) bond motifs is 1. The van der Waals surface area contributed by atoms with Crippen molar-refractivity contribution in [2.75, 3.05) is 13.0 Å². The Morgan fingerprint density at radius 2 is 1.79 bits per heavy atom. The van der Waals surface area contributed by atoms with Crippen LogP contribution in [0.3, 0.4) is 0 Å². The third-order valence-corrected chi connectivity index (χ3v) is 3.55. The summed E-state index contributed by atoms with van der Waals surface area (Å²) in [5.41, 5.74) is 0. The van der Waals surface area contributed by atoms with Crippen molar-refractivity contribution in [3.63, 3.8) is 0 Å². The van der Waals surface area contributed by atoms with E-state index < -0.39 is 13.4 Å². The Hall–Kier alpha value is -0.185. The molecule has 1 aliphatic heterocycles. The monoisotopic (exact) mass is 206 g/mol. The SMILES string of the molecule is F[B-](F)(F)CN1CCCC2CCCC21. The summed E-state index contributed by atoms with van der Waals surface area (Å²) in [6.07, 6.45) is 4.71. The Balaban J connectivity index is 1.97. The molecule has 1 saturated carbocycles. The van der Waals surface area contributed by atoms with Crippen LogP contribution in [0.5, 0.6) is 0 Å². The molecule has 2 aliphatic rings. The molecule has 0 spiro atoms. The van der Waals surface area contributed by atoms with Gasteiger partial charge in [-0.2, -0.15) is 0 Å². The maximum absolute atomic E-state index is 12.3. The Labute approximate surface area is 82.7 Å². The molecule has 0 aromatic heterocycles. The maximum atomic E-state index is 12.3. The molecular weight excluding hydrogens is 190 g/mol. The second kappa shape index (κ2) is 3.76. The van der Waals surface area contributed by atoms with Crippen molar-refractivity contribution in [1.82, 2.24) is 4.90 Å². The van der Waals surface area contributed by atoms with Crippen LogP contribution >= 0.6 is 0 Å². The van der Waals surface area contributed by atoms with Crippen LogP contribution in [0, 0.1) is 5.92 Å². The fourth-order valence-electron chi connectivity index (χ4n) is 3.05. The third-order valence-electron chi connectivity index (χ3n) is 3.55. The van der Waals surface area contributed by atoms with E-state index in [4.69, 9.17) is 0 Å². The van der Waals surface area contributed by atoms with Gasteiger partial charge in [-0.25, -0.2) is 0 Å². The predicted octanol–water partition coefficient (Wildman–Crippen LogP) is 2.64. The maximum Gasteiger partial charge on any atom is 0.492 e. The number of rotatable bonds is 2. The van der Waals surface area contributed by atoms with Crippen molar-refractivity contribution in [1.29, 1.82) is 0 Å². The van der Waals surface area contributed by atoms with Crippen molar-refractivity contribution in [2.45, 2.75) is 38.1 Å². The molecule has 0 N–H and O–H groups in total. The summed E-state index contributed by atoms with van der Waals surface area (Å²) in [5, 5.41) is 0. The Kier molecular flexibility index (Phi) is 2.78. The molecule has 1 aliphatic carbocycles. The van der Waals surface area contributed by atoms with E-state index >= 15 is 0 Å². The van der Waals surface area contributed by atoms with Gasteiger partial charge in [0.1, 0.15) is 0 Å². The summed E-state index contributed by atoms with van der Waals surface area (Å²) in [5.74, 6) is 0.557. The molecular formula is C9H16BF3N-. The minimum atomic E-state index is -4.63. The highest BCUT2D eigenvalue weighted by Gasteiger charge is 2.38. The van der Waals surface area contributed by atoms with Crippen LogP contribution in [0.2, 0.25) is 0 Å². The van der Waals surface area contributed by atoms with Crippen LogP contribution in [0.15, 0.2) is 0 Å². The van der Waals surface area contributed by atoms with E-state index in [0.717, 1.165) is 32.1 Å². The normalized spacial score (nSPS) is 34.5. The number of nitrogens with zero attached hydrogens (tertiary/aromatic N) is 1. The first-order chi connectivity index (χ1) is 6.56. The van der Waals surface area contributed by atoms with Crippen molar-refractivity contribution >= 4 is 6.98 Å². The van der Waals surface area contributed by atoms with Crippen molar-refractivity contribution in [3.05, 3.63) is 0 Å². The summed E-state index contributed by atoms with van der Waals surface area (Å²) in [6, 6.07) is 0.243. The van der Waals surface area contributed by atoms with E-state index in [0.29, 0.717) is 12.5 Å². The van der Waals surface area contributed by atoms with Gasteiger partial charge in [0.25, 0.3) is 0 Å². The molecule has 14 heavy (non-hydrogen) atoms. The van der Waals surface area contributed by atoms with Gasteiger partial charge in [-0.3, -0.25) is 0 Å². The van der Waals surface area contributed by atoms with Gasteiger partial charge in [-0.15, -0.1) is 0 Å². The highest BCUT2D eigenvalue weighted by molar-refractivity contribution is 6.58. The van der Waals surface area contributed by atoms with Crippen molar-refractivity contribution < 1.29 is 12.9 Å². The Bertz CT molecular complexity index is 207. The van der Waals surface area contributed by atoms with Crippen LogP contribution in [0.4, 0.5) is 12.9 Å². The standard InChI is InChI=1S/C9H16BF3N/c11-10(12,13)7-14-6-2-4-8-3-1-5-9(8)14/h8-9H,1-7H2/q-1. The zero-order valence-electron chi connectivity index (χ0n) is 8.26. The molecule has 1 heterocycles. The van der Waals surface area contributed by atoms with Crippen molar-refractivity contribution in [3.8, 4) is 0 Å². The fraction of sp³-hybridized carbons (Fsp3) is 1.00. The Morgan fingerprint density at radius 1 is 1.07 bits per heavy atom. The first-order valence-corrected chi connectivity index (χ1v) is 5.51. The fourth-order valence-corrected chi connectivity index (χ4v) is 3.05. The zero-order chi connectivity index (χ0) is 10.2. The minimum Gasteiger partial charge on any atom is -0.448 e. The Morgan fingerprint density at radius 3 is 2.50 bits per heavy atom. The number of piperidine rings is 1. The van der Waals surface area contributed by atoms with Crippen LogP contribution in [-0.4, -0.2) is 30.9 Å². The summed E-state index contributed by atoms with van der Waals surface area (Å²) in [6.45, 7) is -3.98. The van der Waals surface area contributed by atoms with Gasteiger partial charge in [-0.1, -0.05) is 6.42 Å². The van der Waals surface area contributed by atoms with Crippen molar-refractivity contribution in [2.24, 2.45) is 5.92 Å². The molecule has 2 atom stereocenters. The van der Waals surface area contributed by atoms with Gasteiger partial charge in [-0.05, 0) is 44.6 Å². The first-order valence-electron chi connectivity index (χ1n) is 5.51. The molecule has 0 amide bonds. The number of hydrogen-bond donors (Lipinski definition) is 0. The van der Waals surface area contributed by atoms with E-state index in [9.17, 15) is 12.9 Å². The molecule has 82 valence electrons. The highest BCUT2D eigenvalue weighted by Crippen LogP contribution is 2.37. The summed E-state index contributed by atoms with van der Waals surface area (Å²) < 4.78 is 37.0. The highest BCUT2D eigenvalue weighted by atomic mass is 19.4. The number of likely N-dealkylation sites (tertiary alicyclic amines) is 1. The second-order valence-corrected chi connectivity index (χ2v) is 4.61. The lowest BCUT2D eigenvalue weighted by atomic mass is 9.85. The van der Waals surface area contributed by atoms with E-state index in [1.165, 1.54) is 0 Å². The predicted molar refractivity (Wildman–Crippen MR) is 51.0 cm³/mol. The van der Waals surface area contributed by atoms with Gasteiger partial charge < -0.3 is 17.8 Å². The lowest BCUT2D eigenvalue weighted by Gasteiger charge is -2.40. The molecule has 5 heteroatoms. The average Bonchev–Trinajstić information content (AvgIpc) is 2.49. The largest absolute Gasteiger partial charge is 0.492 e. The van der Waals surface area contributed by atoms with E-state index in [2.05, 4.69) is 0 Å². The molecule has 2 fully saturated rings. The molecule has 1 nitrogen and oxygen atoms in total. The van der Waals surface area contributed by atoms with Crippen LogP contribution < -0.4 is 0 Å². The van der Waals surface area contributed by atoms with E-state index in [1.807, 2.05) is 0 Å². The van der Waals surface area contributed by atoms with E-state index in [1.54, 1.807) is 4.90 Å². The summed E-state index contributed by atoms with van der Waals surface area (Å²) in [4.78, 5) is 1.68. The second-order valence-electron chi connectivity index (χ2n) is 4.61. The van der Waals surface area contributed by atoms with Gasteiger partial charge in [0.15, 0.2) is 0 Å². The minimum absolute atomic E-state index is 0.243. The lowest BCUT2D eigenvalue weighted by molar-refractivity contribution is 0.122. The molecule has 1 saturated heterocycles. The molecule has 0 radical (unpaired) electrons. The molecule has 0 aromatic carbocycles. The lowest BCUT2D eigenvalue weighted by Crippen LogP contribution is -2.48. The van der Waals surface area contributed by atoms with Crippen LogP contribution in [0.25, 0.3) is 0 Å². The van der Waals surface area contributed by atoms with Gasteiger partial charge >= 0.3 is 6.98 Å². The average molecular weight is 206 g/mol. The molecule has 2 rings (SSSR count). The van der Waals surface area contributed by atoms with Gasteiger partial charge in [0.2, 0.25) is 0 Å². The zero-order valence-corrected chi connectivity index (χ0v) is 8.26. The number of halogens is 3. The summed E-state index contributed by atoms with van der Waals surface area (Å²) >= 11 is 0. The summed E-state index contributed by atoms with van der Waals surface area (Å²) in [7, 11) is 0. The molecule has 2 unspecified atom stereocenters. The van der Waals surface area contributed by atoms with Crippen LogP contribution in [-0.2, 0) is 0 Å². The topological polar surface area (TPSA) is 3.24 Å². The molecule has 0 bridgehead atoms. The van der Waals surface area contributed by atoms with Gasteiger partial charge in [0, 0.05) is 6.04 Å². The third kappa shape index (κ3) is 2.24. The number of hydrogen-bond acceptors (Lipinski definition) is 1. The molecule has 0 aromatic rings. The quantitative estimate of drug-likeness (QED) is 0.627. The van der Waals surface area contributed by atoms with Gasteiger partial charge in [0.05, 0.1) is 0 Å². The smallest absolute Gasteiger partial charge is 0.448 e. The van der Waals surface area contributed by atoms with E-state index in [-0.39, 0.29) is 6.04 Å².